The fourth-order valence-corrected chi connectivity index (χ4v) is 2.70. The second-order valence-corrected chi connectivity index (χ2v) is 5.18. The smallest absolute Gasteiger partial charge is 0.259 e. The van der Waals surface area contributed by atoms with Crippen molar-refractivity contribution >= 4 is 16.8 Å². The standard InChI is InChI=1S/C17H13N3O2/c21-15-12(10-11-6-2-1-3-7-11)16(22)20-14-9-5-4-8-13(14)18-17(20)19-15/h1-9,22H,10H2,(H,18,19,21). The Hall–Kier alpha value is -3.08. The van der Waals surface area contributed by atoms with E-state index in [0.29, 0.717) is 17.8 Å². The van der Waals surface area contributed by atoms with E-state index in [4.69, 9.17) is 0 Å². The predicted molar refractivity (Wildman–Crippen MR) is 84.2 cm³/mol. The molecule has 4 rings (SSSR count). The summed E-state index contributed by atoms with van der Waals surface area (Å²) in [6.07, 6.45) is 0.366. The zero-order valence-corrected chi connectivity index (χ0v) is 11.7. The Morgan fingerprint density at radius 3 is 2.59 bits per heavy atom. The Balaban J connectivity index is 1.99. The number of hydrogen-bond donors (Lipinski definition) is 2. The number of aromatic hydroxyl groups is 1. The van der Waals surface area contributed by atoms with Crippen molar-refractivity contribution < 1.29 is 5.11 Å². The molecular weight excluding hydrogens is 278 g/mol. The third kappa shape index (κ3) is 1.87. The molecule has 0 amide bonds. The molecule has 0 radical (unpaired) electrons. The van der Waals surface area contributed by atoms with E-state index in [1.54, 1.807) is 4.40 Å². The summed E-state index contributed by atoms with van der Waals surface area (Å²) in [4.78, 5) is 19.3. The van der Waals surface area contributed by atoms with Crippen molar-refractivity contribution in [2.45, 2.75) is 6.42 Å². The average molecular weight is 291 g/mol. The first-order valence-electron chi connectivity index (χ1n) is 6.99. The highest BCUT2D eigenvalue weighted by atomic mass is 16.3. The third-order valence-corrected chi connectivity index (χ3v) is 3.77. The third-order valence-electron chi connectivity index (χ3n) is 3.77. The maximum absolute atomic E-state index is 12.3. The molecule has 2 N–H and O–H groups in total. The van der Waals surface area contributed by atoms with Gasteiger partial charge in [0.25, 0.3) is 5.56 Å². The Labute approximate surface area is 125 Å². The number of fused-ring (bicyclic) bond motifs is 3. The molecular formula is C17H13N3O2. The van der Waals surface area contributed by atoms with Crippen molar-refractivity contribution in [2.24, 2.45) is 0 Å². The fraction of sp³-hybridized carbons (Fsp3) is 0.0588. The van der Waals surface area contributed by atoms with Crippen molar-refractivity contribution in [3.8, 4) is 5.88 Å². The maximum atomic E-state index is 12.3. The van der Waals surface area contributed by atoms with Crippen LogP contribution in [-0.4, -0.2) is 19.5 Å². The van der Waals surface area contributed by atoms with E-state index in [-0.39, 0.29) is 11.4 Å². The number of rotatable bonds is 2. The molecule has 0 aliphatic rings. The van der Waals surface area contributed by atoms with E-state index < -0.39 is 0 Å². The second-order valence-electron chi connectivity index (χ2n) is 5.18. The van der Waals surface area contributed by atoms with Gasteiger partial charge in [0.1, 0.15) is 0 Å². The monoisotopic (exact) mass is 291 g/mol. The summed E-state index contributed by atoms with van der Waals surface area (Å²) in [5, 5.41) is 10.6. The number of para-hydroxylation sites is 2. The van der Waals surface area contributed by atoms with Gasteiger partial charge in [-0.15, -0.1) is 0 Å². The molecule has 0 aliphatic heterocycles. The predicted octanol–water partition coefficient (Wildman–Crippen LogP) is 2.47. The van der Waals surface area contributed by atoms with Crippen LogP contribution in [0.15, 0.2) is 59.4 Å². The van der Waals surface area contributed by atoms with Crippen LogP contribution in [0, 0.1) is 0 Å². The second kappa shape index (κ2) is 4.73. The Morgan fingerprint density at radius 1 is 1.05 bits per heavy atom. The molecule has 5 nitrogen and oxygen atoms in total. The number of benzene rings is 2. The molecule has 0 saturated heterocycles. The van der Waals surface area contributed by atoms with E-state index >= 15 is 0 Å². The minimum atomic E-state index is -0.316. The molecule has 22 heavy (non-hydrogen) atoms. The van der Waals surface area contributed by atoms with Gasteiger partial charge in [-0.1, -0.05) is 42.5 Å². The summed E-state index contributed by atoms with van der Waals surface area (Å²) >= 11 is 0. The largest absolute Gasteiger partial charge is 0.494 e. The van der Waals surface area contributed by atoms with Crippen LogP contribution < -0.4 is 5.56 Å². The molecule has 5 heteroatoms. The Kier molecular flexibility index (Phi) is 2.72. The SMILES string of the molecule is O=c1[nH]c2nc3ccccc3n2c(O)c1Cc1ccccc1. The highest BCUT2D eigenvalue weighted by molar-refractivity contribution is 5.80. The van der Waals surface area contributed by atoms with Gasteiger partial charge >= 0.3 is 0 Å². The molecule has 2 aromatic carbocycles. The van der Waals surface area contributed by atoms with Crippen molar-refractivity contribution in [2.75, 3.05) is 0 Å². The van der Waals surface area contributed by atoms with Crippen LogP contribution in [0.1, 0.15) is 11.1 Å². The summed E-state index contributed by atoms with van der Waals surface area (Å²) in [5.41, 5.74) is 2.48. The summed E-state index contributed by atoms with van der Waals surface area (Å²) < 4.78 is 1.58. The number of aromatic nitrogens is 3. The van der Waals surface area contributed by atoms with Crippen molar-refractivity contribution in [1.82, 2.24) is 14.4 Å². The van der Waals surface area contributed by atoms with Gasteiger partial charge in [0, 0.05) is 6.42 Å². The topological polar surface area (TPSA) is 70.4 Å². The summed E-state index contributed by atoms with van der Waals surface area (Å²) in [5.74, 6) is 0.289. The van der Waals surface area contributed by atoms with Gasteiger partial charge in [-0.25, -0.2) is 9.38 Å². The van der Waals surface area contributed by atoms with Crippen molar-refractivity contribution in [3.05, 3.63) is 76.1 Å². The average Bonchev–Trinajstić information content (AvgIpc) is 2.90. The molecule has 2 aromatic heterocycles. The number of nitrogens with zero attached hydrogens (tertiary/aromatic N) is 2. The van der Waals surface area contributed by atoms with Crippen LogP contribution in [-0.2, 0) is 6.42 Å². The lowest BCUT2D eigenvalue weighted by atomic mass is 10.1. The lowest BCUT2D eigenvalue weighted by Crippen LogP contribution is -2.16. The van der Waals surface area contributed by atoms with Crippen LogP contribution in [0.25, 0.3) is 16.8 Å². The number of hydrogen-bond acceptors (Lipinski definition) is 3. The highest BCUT2D eigenvalue weighted by Gasteiger charge is 2.15. The first kappa shape index (κ1) is 12.6. The van der Waals surface area contributed by atoms with Gasteiger partial charge in [-0.05, 0) is 17.7 Å². The Morgan fingerprint density at radius 2 is 1.77 bits per heavy atom. The first-order valence-corrected chi connectivity index (χ1v) is 6.99. The van der Waals surface area contributed by atoms with Gasteiger partial charge in [-0.2, -0.15) is 0 Å². The number of nitrogens with one attached hydrogen (secondary N) is 1. The minimum absolute atomic E-state index is 0.0590. The summed E-state index contributed by atoms with van der Waals surface area (Å²) in [6.45, 7) is 0. The van der Waals surface area contributed by atoms with Gasteiger partial charge in [0.15, 0.2) is 0 Å². The van der Waals surface area contributed by atoms with Crippen LogP contribution in [0.2, 0.25) is 0 Å². The number of imidazole rings is 1. The molecule has 0 unspecified atom stereocenters. The van der Waals surface area contributed by atoms with Gasteiger partial charge in [0.2, 0.25) is 11.7 Å². The van der Waals surface area contributed by atoms with Crippen LogP contribution in [0.3, 0.4) is 0 Å². The van der Waals surface area contributed by atoms with E-state index in [2.05, 4.69) is 9.97 Å². The Bertz CT molecular complexity index is 1030. The lowest BCUT2D eigenvalue weighted by Gasteiger charge is -2.06. The molecule has 0 fully saturated rings. The van der Waals surface area contributed by atoms with Gasteiger partial charge in [0.05, 0.1) is 16.6 Å². The molecule has 0 atom stereocenters. The van der Waals surface area contributed by atoms with Crippen LogP contribution in [0.4, 0.5) is 0 Å². The normalized spacial score (nSPS) is 11.3. The molecule has 4 aromatic rings. The van der Waals surface area contributed by atoms with Crippen LogP contribution in [0.5, 0.6) is 5.88 Å². The lowest BCUT2D eigenvalue weighted by molar-refractivity contribution is 0.439. The van der Waals surface area contributed by atoms with E-state index in [9.17, 15) is 9.90 Å². The van der Waals surface area contributed by atoms with Crippen molar-refractivity contribution in [1.29, 1.82) is 0 Å². The van der Waals surface area contributed by atoms with Gasteiger partial charge < -0.3 is 5.11 Å². The zero-order valence-electron chi connectivity index (χ0n) is 11.7. The first-order chi connectivity index (χ1) is 10.7. The maximum Gasteiger partial charge on any atom is 0.259 e. The molecule has 0 spiro atoms. The van der Waals surface area contributed by atoms with Gasteiger partial charge in [-0.3, -0.25) is 9.78 Å². The molecule has 0 aliphatic carbocycles. The molecule has 108 valence electrons. The fourth-order valence-electron chi connectivity index (χ4n) is 2.70. The highest BCUT2D eigenvalue weighted by Crippen LogP contribution is 2.23. The number of aromatic amines is 1. The minimum Gasteiger partial charge on any atom is -0.494 e. The molecule has 0 bridgehead atoms. The van der Waals surface area contributed by atoms with Crippen LogP contribution >= 0.6 is 0 Å². The molecule has 2 heterocycles. The van der Waals surface area contributed by atoms with E-state index in [0.717, 1.165) is 16.6 Å². The van der Waals surface area contributed by atoms with E-state index in [1.165, 1.54) is 0 Å². The quantitative estimate of drug-likeness (QED) is 0.596. The van der Waals surface area contributed by atoms with Crippen molar-refractivity contribution in [3.63, 3.8) is 0 Å². The zero-order chi connectivity index (χ0) is 15.1. The molecule has 0 saturated carbocycles. The summed E-state index contributed by atoms with van der Waals surface area (Å²) in [7, 11) is 0. The summed E-state index contributed by atoms with van der Waals surface area (Å²) in [6, 6.07) is 17.0. The number of H-pyrrole nitrogens is 1. The van der Waals surface area contributed by atoms with E-state index in [1.807, 2.05) is 54.6 Å².